The number of benzene rings is 2. The van der Waals surface area contributed by atoms with Crippen LogP contribution in [0.1, 0.15) is 11.1 Å². The van der Waals surface area contributed by atoms with Gasteiger partial charge in [0.1, 0.15) is 0 Å². The summed E-state index contributed by atoms with van der Waals surface area (Å²) in [5.74, 6) is 0. The molecule has 0 unspecified atom stereocenters. The third kappa shape index (κ3) is 10.6. The van der Waals surface area contributed by atoms with E-state index in [1.165, 1.54) is 32.7 Å². The van der Waals surface area contributed by atoms with Crippen molar-refractivity contribution in [2.45, 2.75) is 106 Å². The molecule has 8 heteroatoms. The molecule has 0 nitrogen and oxygen atoms in total. The number of aryl methyl sites for hydroxylation is 2. The molecule has 0 saturated heterocycles. The van der Waals surface area contributed by atoms with Crippen molar-refractivity contribution in [3.05, 3.63) is 59.7 Å². The zero-order valence-electron chi connectivity index (χ0n) is 29.4. The molecule has 0 N–H and O–H groups in total. The zero-order chi connectivity index (χ0) is 32.6. The molecule has 0 saturated carbocycles. The average molecular weight is 767 g/mol. The molecule has 0 bridgehead atoms. The van der Waals surface area contributed by atoms with Gasteiger partial charge in [0, 0.05) is 0 Å². The van der Waals surface area contributed by atoms with Gasteiger partial charge in [-0.05, 0) is 0 Å². The number of halogens is 2. The van der Waals surface area contributed by atoms with Crippen LogP contribution in [0, 0.1) is 13.8 Å². The molecule has 232 valence electrons. The van der Waals surface area contributed by atoms with Gasteiger partial charge >= 0.3 is 53.5 Å². The van der Waals surface area contributed by atoms with Gasteiger partial charge in [0.05, 0.1) is 32.3 Å². The summed E-state index contributed by atoms with van der Waals surface area (Å²) in [4.78, 5) is 0. The van der Waals surface area contributed by atoms with Crippen LogP contribution < -0.4 is 20.7 Å². The summed E-state index contributed by atoms with van der Waals surface area (Å²) < 4.78 is 0. The van der Waals surface area contributed by atoms with Crippen molar-refractivity contribution >= 4 is 97.0 Å². The summed E-state index contributed by atoms with van der Waals surface area (Å²) in [7, 11) is 6.20. The normalized spacial score (nSPS) is 12.5. The fourth-order valence-electron chi connectivity index (χ4n) is 5.31. The summed E-state index contributed by atoms with van der Waals surface area (Å²) in [6.07, 6.45) is 0. The summed E-state index contributed by atoms with van der Waals surface area (Å²) in [6, 6.07) is 19.3. The van der Waals surface area contributed by atoms with E-state index in [0.717, 1.165) is 0 Å². The predicted octanol–water partition coefficient (Wildman–Crippen LogP) is 10.1. The first-order chi connectivity index (χ1) is 18.8. The Kier molecular flexibility index (Phi) is 13.1. The third-order valence-corrected chi connectivity index (χ3v) is 36.0. The Morgan fingerprint density at radius 2 is 0.738 bits per heavy atom. The van der Waals surface area contributed by atoms with Crippen LogP contribution in [0.3, 0.4) is 0 Å². The Hall–Kier alpha value is 0.208. The minimum absolute atomic E-state index is 0.224. The Labute approximate surface area is 277 Å². The van der Waals surface area contributed by atoms with Crippen LogP contribution in [-0.4, -0.2) is 37.7 Å². The van der Waals surface area contributed by atoms with E-state index in [1.807, 2.05) is 0 Å². The number of rotatable bonds is 4. The van der Waals surface area contributed by atoms with Crippen LogP contribution in [0.4, 0.5) is 0 Å². The first-order valence-corrected chi connectivity index (χ1v) is 41.8. The molecular formula is C34H56Cl2Si5Zr-2. The fourth-order valence-corrected chi connectivity index (χ4v) is 15.7. The monoisotopic (exact) mass is 764 g/mol. The van der Waals surface area contributed by atoms with Gasteiger partial charge in [0.15, 0.2) is 0 Å². The van der Waals surface area contributed by atoms with E-state index in [1.54, 1.807) is 20.7 Å². The molecule has 0 aliphatic carbocycles. The summed E-state index contributed by atoms with van der Waals surface area (Å²) in [5.41, 5.74) is 2.55. The Morgan fingerprint density at radius 1 is 0.500 bits per heavy atom. The zero-order valence-corrected chi connectivity index (χ0v) is 38.3. The molecule has 0 heterocycles. The molecule has 0 spiro atoms. The second kappa shape index (κ2) is 14.3. The standard InChI is InChI=1S/2C16H25Si2.C2H6Si.2ClH.Zr/c2*1-12-8-13-10-15(17(2,3)4)16(18(5,6)7)11-14(13)9-12;1-3-2;;;/h2*8-11H,1-7H3;1-2H3;2*1H;/q2*-1;;;;+2/p-2. The largest absolute Gasteiger partial charge is 0.165 e. The van der Waals surface area contributed by atoms with Crippen molar-refractivity contribution in [3.63, 3.8) is 0 Å². The van der Waals surface area contributed by atoms with Crippen molar-refractivity contribution < 1.29 is 18.0 Å². The molecule has 42 heavy (non-hydrogen) atoms. The van der Waals surface area contributed by atoms with Crippen LogP contribution >= 0.6 is 17.0 Å². The number of hydrogen-bond donors (Lipinski definition) is 0. The van der Waals surface area contributed by atoms with Gasteiger partial charge in [0.25, 0.3) is 0 Å². The van der Waals surface area contributed by atoms with E-state index < -0.39 is 50.3 Å². The Morgan fingerprint density at radius 3 is 0.952 bits per heavy atom. The Bertz CT molecular complexity index is 1340. The molecule has 0 amide bonds. The molecule has 0 atom stereocenters. The average Bonchev–Trinajstić information content (AvgIpc) is 3.35. The maximum Gasteiger partial charge on any atom is 0.0753 e. The van der Waals surface area contributed by atoms with Gasteiger partial charge < -0.3 is 0 Å². The van der Waals surface area contributed by atoms with E-state index in [9.17, 15) is 0 Å². The van der Waals surface area contributed by atoms with E-state index in [2.05, 4.69) is 154 Å². The SMILES string of the molecule is C[Si](C)=[Zr]([Cl])[Cl].Cc1cc2cc([Si](C)(C)C)c([Si](C)(C)C)cc2[cH-]1.Cc1cc2cc([Si](C)(C)C)c([Si](C)(C)C)cc2[cH-]1. The van der Waals surface area contributed by atoms with Gasteiger partial charge in [0.2, 0.25) is 0 Å². The smallest absolute Gasteiger partial charge is 0.0753 e. The van der Waals surface area contributed by atoms with Crippen molar-refractivity contribution in [2.24, 2.45) is 0 Å². The van der Waals surface area contributed by atoms with Gasteiger partial charge in [-0.3, -0.25) is 0 Å². The summed E-state index contributed by atoms with van der Waals surface area (Å²) in [6.45, 7) is 38.3. The number of fused-ring (bicyclic) bond motifs is 2. The van der Waals surface area contributed by atoms with Gasteiger partial charge in [-0.2, -0.15) is 22.9 Å². The molecule has 0 aliphatic rings. The molecule has 0 aliphatic heterocycles. The topological polar surface area (TPSA) is 0 Å². The fraction of sp³-hybridized carbons (Fsp3) is 0.471. The van der Waals surface area contributed by atoms with Crippen LogP contribution in [0.25, 0.3) is 21.5 Å². The van der Waals surface area contributed by atoms with Crippen LogP contribution in [0.15, 0.2) is 48.5 Å². The maximum absolute atomic E-state index is 5.62. The van der Waals surface area contributed by atoms with Crippen molar-refractivity contribution in [3.8, 4) is 0 Å². The van der Waals surface area contributed by atoms with E-state index >= 15 is 0 Å². The maximum atomic E-state index is 5.62. The van der Waals surface area contributed by atoms with Crippen molar-refractivity contribution in [2.75, 3.05) is 0 Å². The molecule has 0 fully saturated rings. The van der Waals surface area contributed by atoms with Gasteiger partial charge in [-0.15, -0.1) is 68.7 Å². The summed E-state index contributed by atoms with van der Waals surface area (Å²) >= 11 is -1.65. The van der Waals surface area contributed by atoms with Crippen LogP contribution in [0.2, 0.25) is 91.7 Å². The minimum atomic E-state index is -1.65. The van der Waals surface area contributed by atoms with Crippen molar-refractivity contribution in [1.29, 1.82) is 0 Å². The molecule has 0 aromatic heterocycles. The third-order valence-electron chi connectivity index (χ3n) is 7.59. The Balaban J connectivity index is 0.000000247. The molecular weight excluding hydrogens is 711 g/mol. The minimum Gasteiger partial charge on any atom is -0.165 e. The predicted molar refractivity (Wildman–Crippen MR) is 210 cm³/mol. The quantitative estimate of drug-likeness (QED) is 0.143. The summed E-state index contributed by atoms with van der Waals surface area (Å²) in [5, 5.41) is 12.5. The molecule has 4 aromatic carbocycles. The second-order valence-corrected chi connectivity index (χ2v) is 59.5. The van der Waals surface area contributed by atoms with E-state index in [-0.39, 0.29) is 5.43 Å². The van der Waals surface area contributed by atoms with Crippen molar-refractivity contribution in [1.82, 2.24) is 0 Å². The molecule has 4 rings (SSSR count). The molecule has 4 aromatic rings. The van der Waals surface area contributed by atoms with Crippen LogP contribution in [-0.2, 0) is 18.0 Å². The number of hydrogen-bond acceptors (Lipinski definition) is 0. The van der Waals surface area contributed by atoms with Gasteiger partial charge in [-0.1, -0.05) is 103 Å². The van der Waals surface area contributed by atoms with Crippen LogP contribution in [0.5, 0.6) is 0 Å². The first kappa shape index (κ1) is 38.4. The van der Waals surface area contributed by atoms with E-state index in [0.29, 0.717) is 0 Å². The first-order valence-electron chi connectivity index (χ1n) is 15.2. The van der Waals surface area contributed by atoms with E-state index in [4.69, 9.17) is 17.0 Å². The van der Waals surface area contributed by atoms with Gasteiger partial charge in [-0.25, -0.2) is 0 Å². The molecule has 0 radical (unpaired) electrons. The second-order valence-electron chi connectivity index (χ2n) is 16.4.